The molecule has 1 amide bonds. The molecule has 0 bridgehead atoms. The van der Waals surface area contributed by atoms with E-state index in [1.807, 2.05) is 30.1 Å². The molecule has 1 heterocycles. The number of hydrogen-bond acceptors (Lipinski definition) is 2. The normalized spacial score (nSPS) is 22.8. The van der Waals surface area contributed by atoms with Gasteiger partial charge < -0.3 is 15.0 Å². The molecule has 0 aromatic carbocycles. The second-order valence-electron chi connectivity index (χ2n) is 4.19. The summed E-state index contributed by atoms with van der Waals surface area (Å²) in [7, 11) is 1.91. The number of carboxylic acid groups (broad SMARTS) is 1. The molecule has 0 saturated heterocycles. The maximum Gasteiger partial charge on any atom is 0.307 e. The summed E-state index contributed by atoms with van der Waals surface area (Å²) in [4.78, 5) is 22.1. The molecule has 0 unspecified atom stereocenters. The number of hydrogen-bond donors (Lipinski definition) is 2. The van der Waals surface area contributed by atoms with Gasteiger partial charge in [0, 0.05) is 26.0 Å². The molecule has 0 radical (unpaired) electrons. The summed E-state index contributed by atoms with van der Waals surface area (Å²) < 4.78 is 1.90. The molecule has 5 nitrogen and oxygen atoms in total. The van der Waals surface area contributed by atoms with Crippen LogP contribution in [-0.4, -0.2) is 21.6 Å². The van der Waals surface area contributed by atoms with E-state index in [2.05, 4.69) is 5.32 Å². The van der Waals surface area contributed by atoms with Crippen LogP contribution in [0.15, 0.2) is 18.5 Å². The molecule has 86 valence electrons. The van der Waals surface area contributed by atoms with Crippen LogP contribution in [0.2, 0.25) is 0 Å². The smallest absolute Gasteiger partial charge is 0.307 e. The molecular formula is C11H14N2O3. The van der Waals surface area contributed by atoms with Gasteiger partial charge in [-0.05, 0) is 18.1 Å². The summed E-state index contributed by atoms with van der Waals surface area (Å²) in [5, 5.41) is 11.4. The number of nitrogens with zero attached hydrogens (tertiary/aromatic N) is 1. The van der Waals surface area contributed by atoms with Crippen molar-refractivity contribution in [3.63, 3.8) is 0 Å². The van der Waals surface area contributed by atoms with Crippen molar-refractivity contribution in [1.29, 1.82) is 0 Å². The van der Waals surface area contributed by atoms with Gasteiger partial charge in [-0.25, -0.2) is 0 Å². The Hall–Kier alpha value is -1.78. The highest BCUT2D eigenvalue weighted by Gasteiger charge is 2.48. The maximum absolute atomic E-state index is 11.5. The molecule has 1 fully saturated rings. The van der Waals surface area contributed by atoms with Crippen LogP contribution in [-0.2, 0) is 23.2 Å². The highest BCUT2D eigenvalue weighted by atomic mass is 16.4. The van der Waals surface area contributed by atoms with E-state index < -0.39 is 11.9 Å². The van der Waals surface area contributed by atoms with Crippen molar-refractivity contribution in [2.75, 3.05) is 0 Å². The average Bonchev–Trinajstić information content (AvgIpc) is 2.93. The Balaban J connectivity index is 1.79. The topological polar surface area (TPSA) is 71.3 Å². The van der Waals surface area contributed by atoms with Crippen LogP contribution in [0.1, 0.15) is 12.0 Å². The molecule has 2 rings (SSSR count). The monoisotopic (exact) mass is 222 g/mol. The highest BCUT2D eigenvalue weighted by molar-refractivity contribution is 5.89. The Morgan fingerprint density at radius 1 is 1.56 bits per heavy atom. The average molecular weight is 222 g/mol. The number of carbonyl (C=O) groups excluding carboxylic acids is 1. The molecular weight excluding hydrogens is 208 g/mol. The van der Waals surface area contributed by atoms with E-state index in [9.17, 15) is 9.59 Å². The first-order valence-corrected chi connectivity index (χ1v) is 5.19. The quantitative estimate of drug-likeness (QED) is 0.772. The van der Waals surface area contributed by atoms with Gasteiger partial charge in [0.2, 0.25) is 5.91 Å². The first kappa shape index (κ1) is 10.7. The molecule has 1 saturated carbocycles. The standard InChI is InChI=1S/C11H14N2O3/c1-13-3-2-7(6-13)5-12-10(14)8-4-9(8)11(15)16/h2-3,6,8-9H,4-5H2,1H3,(H,12,14)(H,15,16)/t8-,9+/m1/s1. The van der Waals surface area contributed by atoms with Crippen LogP contribution in [0, 0.1) is 11.8 Å². The van der Waals surface area contributed by atoms with Gasteiger partial charge in [0.05, 0.1) is 11.8 Å². The lowest BCUT2D eigenvalue weighted by atomic mass is 10.3. The Morgan fingerprint density at radius 2 is 2.31 bits per heavy atom. The lowest BCUT2D eigenvalue weighted by Gasteiger charge is -2.02. The number of carboxylic acids is 1. The van der Waals surface area contributed by atoms with Gasteiger partial charge in [-0.2, -0.15) is 0 Å². The van der Waals surface area contributed by atoms with Crippen molar-refractivity contribution in [3.8, 4) is 0 Å². The molecule has 2 N–H and O–H groups in total. The summed E-state index contributed by atoms with van der Waals surface area (Å²) in [5.74, 6) is -1.84. The molecule has 1 aliphatic rings. The number of aryl methyl sites for hydroxylation is 1. The zero-order valence-corrected chi connectivity index (χ0v) is 9.01. The van der Waals surface area contributed by atoms with Gasteiger partial charge in [-0.15, -0.1) is 0 Å². The van der Waals surface area contributed by atoms with E-state index in [0.717, 1.165) is 5.56 Å². The highest BCUT2D eigenvalue weighted by Crippen LogP contribution is 2.38. The predicted molar refractivity (Wildman–Crippen MR) is 56.5 cm³/mol. The fraction of sp³-hybridized carbons (Fsp3) is 0.455. The summed E-state index contributed by atoms with van der Waals surface area (Å²) in [6.45, 7) is 0.461. The van der Waals surface area contributed by atoms with Crippen LogP contribution in [0.25, 0.3) is 0 Å². The van der Waals surface area contributed by atoms with E-state index in [4.69, 9.17) is 5.11 Å². The number of rotatable bonds is 4. The predicted octanol–water partition coefficient (Wildman–Crippen LogP) is 0.362. The fourth-order valence-electron chi connectivity index (χ4n) is 1.74. The third-order valence-electron chi connectivity index (χ3n) is 2.80. The third-order valence-corrected chi connectivity index (χ3v) is 2.80. The first-order chi connectivity index (χ1) is 7.58. The summed E-state index contributed by atoms with van der Waals surface area (Å²) in [6.07, 6.45) is 4.29. The number of nitrogens with one attached hydrogen (secondary N) is 1. The fourth-order valence-corrected chi connectivity index (χ4v) is 1.74. The van der Waals surface area contributed by atoms with Crippen LogP contribution in [0.5, 0.6) is 0 Å². The lowest BCUT2D eigenvalue weighted by molar-refractivity contribution is -0.140. The van der Waals surface area contributed by atoms with E-state index in [1.54, 1.807) is 0 Å². The molecule has 2 atom stereocenters. The Labute approximate surface area is 93.1 Å². The number of aromatic nitrogens is 1. The number of carbonyl (C=O) groups is 2. The molecule has 0 aliphatic heterocycles. The van der Waals surface area contributed by atoms with Gasteiger partial charge in [-0.3, -0.25) is 9.59 Å². The third kappa shape index (κ3) is 2.24. The lowest BCUT2D eigenvalue weighted by Crippen LogP contribution is -2.25. The van der Waals surface area contributed by atoms with Gasteiger partial charge in [0.15, 0.2) is 0 Å². The van der Waals surface area contributed by atoms with Crippen molar-refractivity contribution >= 4 is 11.9 Å². The molecule has 1 aliphatic carbocycles. The van der Waals surface area contributed by atoms with Gasteiger partial charge in [0.1, 0.15) is 0 Å². The minimum Gasteiger partial charge on any atom is -0.481 e. The summed E-state index contributed by atoms with van der Waals surface area (Å²) >= 11 is 0. The van der Waals surface area contributed by atoms with Crippen LogP contribution in [0.3, 0.4) is 0 Å². The minimum atomic E-state index is -0.875. The maximum atomic E-state index is 11.5. The van der Waals surface area contributed by atoms with Gasteiger partial charge in [-0.1, -0.05) is 0 Å². The van der Waals surface area contributed by atoms with Crippen molar-refractivity contribution in [1.82, 2.24) is 9.88 Å². The zero-order chi connectivity index (χ0) is 11.7. The van der Waals surface area contributed by atoms with Crippen molar-refractivity contribution in [2.24, 2.45) is 18.9 Å². The van der Waals surface area contributed by atoms with Crippen molar-refractivity contribution in [2.45, 2.75) is 13.0 Å². The van der Waals surface area contributed by atoms with Crippen LogP contribution in [0.4, 0.5) is 0 Å². The molecule has 1 aromatic rings. The van der Waals surface area contributed by atoms with E-state index in [-0.39, 0.29) is 11.8 Å². The molecule has 0 spiro atoms. The van der Waals surface area contributed by atoms with Crippen molar-refractivity contribution in [3.05, 3.63) is 24.0 Å². The number of aliphatic carboxylic acids is 1. The van der Waals surface area contributed by atoms with Gasteiger partial charge in [0.25, 0.3) is 0 Å². The molecule has 16 heavy (non-hydrogen) atoms. The minimum absolute atomic E-state index is 0.156. The summed E-state index contributed by atoms with van der Waals surface area (Å²) in [6, 6.07) is 1.92. The van der Waals surface area contributed by atoms with E-state index in [0.29, 0.717) is 13.0 Å². The zero-order valence-electron chi connectivity index (χ0n) is 9.01. The van der Waals surface area contributed by atoms with Crippen LogP contribution >= 0.6 is 0 Å². The Bertz CT molecular complexity index is 425. The van der Waals surface area contributed by atoms with Gasteiger partial charge >= 0.3 is 5.97 Å². The SMILES string of the molecule is Cn1ccc(CNC(=O)[C@@H]2C[C@@H]2C(=O)O)c1. The second kappa shape index (κ2) is 4.00. The van der Waals surface area contributed by atoms with Crippen molar-refractivity contribution < 1.29 is 14.7 Å². The Kier molecular flexibility index (Phi) is 2.68. The first-order valence-electron chi connectivity index (χ1n) is 5.19. The Morgan fingerprint density at radius 3 is 2.81 bits per heavy atom. The molecule has 1 aromatic heterocycles. The van der Waals surface area contributed by atoms with E-state index >= 15 is 0 Å². The largest absolute Gasteiger partial charge is 0.481 e. The second-order valence-corrected chi connectivity index (χ2v) is 4.19. The number of amides is 1. The van der Waals surface area contributed by atoms with Crippen LogP contribution < -0.4 is 5.32 Å². The summed E-state index contributed by atoms with van der Waals surface area (Å²) in [5.41, 5.74) is 1.02. The van der Waals surface area contributed by atoms with E-state index in [1.165, 1.54) is 0 Å². The molecule has 5 heteroatoms.